The first kappa shape index (κ1) is 24.0. The van der Waals surface area contributed by atoms with Crippen LogP contribution in [0.15, 0.2) is 60.8 Å². The van der Waals surface area contributed by atoms with Crippen molar-refractivity contribution in [2.24, 2.45) is 0 Å². The van der Waals surface area contributed by atoms with Gasteiger partial charge < -0.3 is 9.47 Å². The normalized spacial score (nSPS) is 11.5. The fourth-order valence-corrected chi connectivity index (χ4v) is 3.29. The first-order valence-corrected chi connectivity index (χ1v) is 10.4. The third kappa shape index (κ3) is 6.41. The molecule has 0 unspecified atom stereocenters. The molecule has 2 aromatic carbocycles. The van der Waals surface area contributed by atoms with E-state index in [4.69, 9.17) is 21.1 Å². The van der Waals surface area contributed by atoms with Crippen LogP contribution in [0.25, 0.3) is 10.8 Å². The molecule has 2 amide bonds. The maximum absolute atomic E-state index is 12.3. The molecular formula is C23H23ClN4O5. The van der Waals surface area contributed by atoms with Gasteiger partial charge >= 0.3 is 12.1 Å². The standard InChI is InChI=1S/C23H23ClN4O5/c1-15(29)28(26-13-18-9-5-6-10-19(18)24)20(22(30)32-2)14-33-23(31)27-21-11-16-7-3-4-8-17(16)12-25-21/h3-12,20,26H,13-14H2,1-2H3,(H,25,27,31)/t20-/m1/s1. The molecule has 1 heterocycles. The van der Waals surface area contributed by atoms with E-state index in [-0.39, 0.29) is 12.4 Å². The molecule has 33 heavy (non-hydrogen) atoms. The summed E-state index contributed by atoms with van der Waals surface area (Å²) >= 11 is 6.15. The Hall–Kier alpha value is -3.69. The number of pyridine rings is 1. The van der Waals surface area contributed by atoms with Crippen LogP contribution in [0.3, 0.4) is 0 Å². The number of nitrogens with one attached hydrogen (secondary N) is 2. The van der Waals surface area contributed by atoms with Crippen molar-refractivity contribution in [3.63, 3.8) is 0 Å². The number of fused-ring (bicyclic) bond motifs is 1. The third-order valence-electron chi connectivity index (χ3n) is 4.76. The van der Waals surface area contributed by atoms with E-state index in [1.807, 2.05) is 24.3 Å². The molecule has 9 nitrogen and oxygen atoms in total. The summed E-state index contributed by atoms with van der Waals surface area (Å²) in [7, 11) is 1.18. The van der Waals surface area contributed by atoms with E-state index in [0.717, 1.165) is 21.3 Å². The number of hydrogen-bond donors (Lipinski definition) is 2. The minimum Gasteiger partial charge on any atom is -0.467 e. The number of benzene rings is 2. The Morgan fingerprint density at radius 3 is 2.48 bits per heavy atom. The quantitative estimate of drug-likeness (QED) is 0.382. The van der Waals surface area contributed by atoms with Crippen LogP contribution in [0.2, 0.25) is 5.02 Å². The van der Waals surface area contributed by atoms with Gasteiger partial charge in [-0.15, -0.1) is 0 Å². The van der Waals surface area contributed by atoms with E-state index in [9.17, 15) is 14.4 Å². The zero-order chi connectivity index (χ0) is 23.8. The van der Waals surface area contributed by atoms with E-state index < -0.39 is 30.6 Å². The molecule has 172 valence electrons. The van der Waals surface area contributed by atoms with Gasteiger partial charge in [0.1, 0.15) is 12.4 Å². The molecule has 1 aromatic heterocycles. The molecule has 3 rings (SSSR count). The second-order valence-electron chi connectivity index (χ2n) is 6.99. The van der Waals surface area contributed by atoms with Crippen molar-refractivity contribution in [1.29, 1.82) is 0 Å². The highest BCUT2D eigenvalue weighted by molar-refractivity contribution is 6.31. The van der Waals surface area contributed by atoms with Gasteiger partial charge in [0.25, 0.3) is 0 Å². The van der Waals surface area contributed by atoms with Crippen molar-refractivity contribution < 1.29 is 23.9 Å². The van der Waals surface area contributed by atoms with Crippen molar-refractivity contribution in [2.75, 3.05) is 19.0 Å². The van der Waals surface area contributed by atoms with Crippen molar-refractivity contribution in [1.82, 2.24) is 15.4 Å². The smallest absolute Gasteiger partial charge is 0.412 e. The fourth-order valence-electron chi connectivity index (χ4n) is 3.08. The molecule has 0 fully saturated rings. The minimum atomic E-state index is -1.22. The number of hydrazine groups is 1. The average molecular weight is 471 g/mol. The topological polar surface area (TPSA) is 110 Å². The summed E-state index contributed by atoms with van der Waals surface area (Å²) in [4.78, 5) is 41.1. The number of aromatic nitrogens is 1. The molecule has 0 saturated heterocycles. The highest BCUT2D eigenvalue weighted by atomic mass is 35.5. The lowest BCUT2D eigenvalue weighted by molar-refractivity contribution is -0.157. The number of nitrogens with zero attached hydrogens (tertiary/aromatic N) is 2. The Morgan fingerprint density at radius 2 is 1.79 bits per heavy atom. The number of hydrogen-bond acceptors (Lipinski definition) is 7. The number of ether oxygens (including phenoxy) is 2. The average Bonchev–Trinajstić information content (AvgIpc) is 2.81. The predicted octanol–water partition coefficient (Wildman–Crippen LogP) is 3.53. The van der Waals surface area contributed by atoms with Crippen molar-refractivity contribution in [3.05, 3.63) is 71.4 Å². The lowest BCUT2D eigenvalue weighted by Gasteiger charge is -2.29. The number of halogens is 1. The summed E-state index contributed by atoms with van der Waals surface area (Å²) in [6, 6.07) is 15.1. The third-order valence-corrected chi connectivity index (χ3v) is 5.12. The van der Waals surface area contributed by atoms with Crippen LogP contribution in [0.5, 0.6) is 0 Å². The van der Waals surface area contributed by atoms with Gasteiger partial charge in [-0.2, -0.15) is 0 Å². The second-order valence-corrected chi connectivity index (χ2v) is 7.40. The Morgan fingerprint density at radius 1 is 1.09 bits per heavy atom. The molecule has 2 N–H and O–H groups in total. The van der Waals surface area contributed by atoms with Gasteiger partial charge in [-0.3, -0.25) is 15.1 Å². The van der Waals surface area contributed by atoms with Crippen LogP contribution in [0.4, 0.5) is 10.6 Å². The van der Waals surface area contributed by atoms with Crippen LogP contribution in [0.1, 0.15) is 12.5 Å². The second kappa shape index (κ2) is 11.3. The van der Waals surface area contributed by atoms with Crippen LogP contribution >= 0.6 is 11.6 Å². The summed E-state index contributed by atoms with van der Waals surface area (Å²) in [6.07, 6.45) is 0.791. The fraction of sp³-hybridized carbons (Fsp3) is 0.217. The van der Waals surface area contributed by atoms with Gasteiger partial charge in [-0.05, 0) is 23.1 Å². The SMILES string of the molecule is COC(=O)[C@@H](COC(=O)Nc1cc2ccccc2cn1)N(NCc1ccccc1Cl)C(C)=O. The highest BCUT2D eigenvalue weighted by Crippen LogP contribution is 2.17. The van der Waals surface area contributed by atoms with E-state index in [1.165, 1.54) is 14.0 Å². The number of carbonyl (C=O) groups excluding carboxylic acids is 3. The first-order chi connectivity index (χ1) is 15.9. The van der Waals surface area contributed by atoms with Gasteiger partial charge in [0, 0.05) is 30.1 Å². The predicted molar refractivity (Wildman–Crippen MR) is 123 cm³/mol. The van der Waals surface area contributed by atoms with E-state index in [2.05, 4.69) is 15.7 Å². The number of carbonyl (C=O) groups is 3. The van der Waals surface area contributed by atoms with Gasteiger partial charge in [-0.1, -0.05) is 54.1 Å². The molecule has 0 aliphatic heterocycles. The first-order valence-electron chi connectivity index (χ1n) is 10.0. The van der Waals surface area contributed by atoms with E-state index in [1.54, 1.807) is 36.5 Å². The van der Waals surface area contributed by atoms with Gasteiger partial charge in [0.15, 0.2) is 6.04 Å². The van der Waals surface area contributed by atoms with E-state index >= 15 is 0 Å². The number of methoxy groups -OCH3 is 1. The molecule has 0 aliphatic rings. The number of amides is 2. The summed E-state index contributed by atoms with van der Waals surface area (Å²) in [5.74, 6) is -0.945. The zero-order valence-corrected chi connectivity index (χ0v) is 18.8. The lowest BCUT2D eigenvalue weighted by Crippen LogP contribution is -2.54. The van der Waals surface area contributed by atoms with Gasteiger partial charge in [-0.25, -0.2) is 20.0 Å². The highest BCUT2D eigenvalue weighted by Gasteiger charge is 2.31. The molecule has 3 aromatic rings. The van der Waals surface area contributed by atoms with Crippen molar-refractivity contribution in [3.8, 4) is 0 Å². The number of anilines is 1. The molecule has 0 spiro atoms. The Bertz CT molecular complexity index is 1160. The van der Waals surface area contributed by atoms with Crippen molar-refractivity contribution in [2.45, 2.75) is 19.5 Å². The monoisotopic (exact) mass is 470 g/mol. The summed E-state index contributed by atoms with van der Waals surface area (Å²) < 4.78 is 9.99. The maximum atomic E-state index is 12.3. The van der Waals surface area contributed by atoms with Gasteiger partial charge in [0.2, 0.25) is 5.91 Å². The van der Waals surface area contributed by atoms with Crippen LogP contribution in [0, 0.1) is 0 Å². The lowest BCUT2D eigenvalue weighted by atomic mass is 10.2. The van der Waals surface area contributed by atoms with E-state index in [0.29, 0.717) is 5.02 Å². The largest absolute Gasteiger partial charge is 0.467 e. The molecule has 1 atom stereocenters. The van der Waals surface area contributed by atoms with Gasteiger partial charge in [0.05, 0.1) is 7.11 Å². The Labute approximate surface area is 195 Å². The van der Waals surface area contributed by atoms with Crippen LogP contribution in [-0.4, -0.2) is 47.7 Å². The van der Waals surface area contributed by atoms with Crippen LogP contribution in [-0.2, 0) is 25.6 Å². The number of esters is 1. The minimum absolute atomic E-state index is 0.167. The molecule has 0 radical (unpaired) electrons. The zero-order valence-electron chi connectivity index (χ0n) is 18.1. The molecule has 0 saturated carbocycles. The molecular weight excluding hydrogens is 448 g/mol. The van der Waals surface area contributed by atoms with Crippen LogP contribution < -0.4 is 10.7 Å². The molecule has 0 aliphatic carbocycles. The summed E-state index contributed by atoms with van der Waals surface area (Å²) in [5.41, 5.74) is 3.58. The maximum Gasteiger partial charge on any atom is 0.412 e. The Kier molecular flexibility index (Phi) is 8.17. The molecule has 10 heteroatoms. The van der Waals surface area contributed by atoms with Crippen molar-refractivity contribution >= 4 is 46.2 Å². The Balaban J connectivity index is 1.66. The summed E-state index contributed by atoms with van der Waals surface area (Å²) in [6.45, 7) is 0.996. The molecule has 0 bridgehead atoms. The number of rotatable bonds is 8. The summed E-state index contributed by atoms with van der Waals surface area (Å²) in [5, 5.41) is 5.88.